The van der Waals surface area contributed by atoms with Gasteiger partial charge in [-0.1, -0.05) is 0 Å². The molecule has 1 unspecified atom stereocenters. The van der Waals surface area contributed by atoms with Gasteiger partial charge in [-0.3, -0.25) is 4.79 Å². The van der Waals surface area contributed by atoms with E-state index in [4.69, 9.17) is 14.7 Å². The van der Waals surface area contributed by atoms with E-state index < -0.39 is 0 Å². The van der Waals surface area contributed by atoms with Crippen LogP contribution < -0.4 is 5.32 Å². The van der Waals surface area contributed by atoms with Gasteiger partial charge in [0.25, 0.3) is 5.91 Å². The number of nitrogens with one attached hydrogen (secondary N) is 1. The lowest BCUT2D eigenvalue weighted by Crippen LogP contribution is -2.41. The third-order valence-corrected chi connectivity index (χ3v) is 3.27. The maximum Gasteiger partial charge on any atom is 0.266 e. The SMILES string of the molecule is N#C/C(=C/NCC1CCCO1)C(=O)N1CCOCC1. The number of carbonyl (C=O) groups is 1. The fraction of sp³-hybridized carbons (Fsp3) is 0.692. The second-order valence-electron chi connectivity index (χ2n) is 4.62. The van der Waals surface area contributed by atoms with Crippen molar-refractivity contribution in [2.75, 3.05) is 39.5 Å². The van der Waals surface area contributed by atoms with Gasteiger partial charge in [-0.15, -0.1) is 0 Å². The van der Waals surface area contributed by atoms with Gasteiger partial charge in [0.15, 0.2) is 0 Å². The fourth-order valence-corrected chi connectivity index (χ4v) is 2.18. The summed E-state index contributed by atoms with van der Waals surface area (Å²) in [5.74, 6) is -0.231. The molecule has 6 nitrogen and oxygen atoms in total. The molecule has 1 N–H and O–H groups in total. The van der Waals surface area contributed by atoms with E-state index in [9.17, 15) is 4.79 Å². The highest BCUT2D eigenvalue weighted by Gasteiger charge is 2.21. The molecule has 0 saturated carbocycles. The number of carbonyl (C=O) groups excluding carboxylic acids is 1. The molecule has 0 aromatic heterocycles. The van der Waals surface area contributed by atoms with E-state index in [-0.39, 0.29) is 17.6 Å². The van der Waals surface area contributed by atoms with Crippen molar-refractivity contribution in [3.05, 3.63) is 11.8 Å². The highest BCUT2D eigenvalue weighted by Crippen LogP contribution is 2.10. The minimum atomic E-state index is -0.231. The van der Waals surface area contributed by atoms with Crippen molar-refractivity contribution in [2.45, 2.75) is 18.9 Å². The molecule has 2 heterocycles. The summed E-state index contributed by atoms with van der Waals surface area (Å²) in [4.78, 5) is 13.7. The standard InChI is InChI=1S/C13H19N3O3/c14-8-11(9-15-10-12-2-1-5-19-12)13(17)16-3-6-18-7-4-16/h9,12,15H,1-7,10H2/b11-9-. The van der Waals surface area contributed by atoms with Gasteiger partial charge in [0, 0.05) is 32.4 Å². The van der Waals surface area contributed by atoms with Crippen LogP contribution in [0.2, 0.25) is 0 Å². The first-order valence-corrected chi connectivity index (χ1v) is 6.63. The maximum absolute atomic E-state index is 12.1. The van der Waals surface area contributed by atoms with Crippen LogP contribution in [0, 0.1) is 11.3 Å². The molecule has 0 spiro atoms. The van der Waals surface area contributed by atoms with Crippen molar-refractivity contribution < 1.29 is 14.3 Å². The predicted molar refractivity (Wildman–Crippen MR) is 68.1 cm³/mol. The van der Waals surface area contributed by atoms with Gasteiger partial charge < -0.3 is 19.7 Å². The lowest BCUT2D eigenvalue weighted by atomic mass is 10.2. The Balaban J connectivity index is 1.83. The van der Waals surface area contributed by atoms with Crippen LogP contribution in [0.1, 0.15) is 12.8 Å². The first-order chi connectivity index (χ1) is 9.31. The van der Waals surface area contributed by atoms with Gasteiger partial charge in [-0.05, 0) is 12.8 Å². The van der Waals surface area contributed by atoms with Crippen molar-refractivity contribution in [1.82, 2.24) is 10.2 Å². The second kappa shape index (κ2) is 7.12. The first-order valence-electron chi connectivity index (χ1n) is 6.63. The molecule has 2 aliphatic rings. The normalized spacial score (nSPS) is 24.1. The predicted octanol–water partition coefficient (Wildman–Crippen LogP) is 0.0213. The zero-order valence-electron chi connectivity index (χ0n) is 10.9. The molecule has 1 atom stereocenters. The number of nitrogens with zero attached hydrogens (tertiary/aromatic N) is 2. The summed E-state index contributed by atoms with van der Waals surface area (Å²) in [5, 5.41) is 12.1. The van der Waals surface area contributed by atoms with E-state index in [1.165, 1.54) is 6.20 Å². The largest absolute Gasteiger partial charge is 0.387 e. The Hall–Kier alpha value is -1.58. The molecule has 0 aromatic carbocycles. The molecule has 0 radical (unpaired) electrons. The summed E-state index contributed by atoms with van der Waals surface area (Å²) < 4.78 is 10.6. The summed E-state index contributed by atoms with van der Waals surface area (Å²) in [7, 11) is 0. The summed E-state index contributed by atoms with van der Waals surface area (Å²) in [6.45, 7) is 3.60. The molecule has 0 aromatic rings. The number of amides is 1. The van der Waals surface area contributed by atoms with Crippen LogP contribution in [0.15, 0.2) is 11.8 Å². The Bertz CT molecular complexity index is 377. The zero-order valence-corrected chi connectivity index (χ0v) is 10.9. The van der Waals surface area contributed by atoms with Gasteiger partial charge in [-0.25, -0.2) is 0 Å². The topological polar surface area (TPSA) is 74.6 Å². The molecule has 0 bridgehead atoms. The van der Waals surface area contributed by atoms with Crippen LogP contribution in [0.4, 0.5) is 0 Å². The highest BCUT2D eigenvalue weighted by molar-refractivity contribution is 5.97. The fourth-order valence-electron chi connectivity index (χ4n) is 2.18. The van der Waals surface area contributed by atoms with E-state index in [0.717, 1.165) is 19.4 Å². The number of ether oxygens (including phenoxy) is 2. The third kappa shape index (κ3) is 3.94. The van der Waals surface area contributed by atoms with Crippen molar-refractivity contribution in [3.8, 4) is 6.07 Å². The van der Waals surface area contributed by atoms with Gasteiger partial charge in [0.1, 0.15) is 11.6 Å². The minimum absolute atomic E-state index is 0.139. The minimum Gasteiger partial charge on any atom is -0.387 e. The first kappa shape index (κ1) is 13.8. The van der Waals surface area contributed by atoms with Crippen LogP contribution >= 0.6 is 0 Å². The number of rotatable bonds is 4. The van der Waals surface area contributed by atoms with Crippen LogP contribution in [-0.4, -0.2) is 56.4 Å². The highest BCUT2D eigenvalue weighted by atomic mass is 16.5. The Morgan fingerprint density at radius 2 is 2.21 bits per heavy atom. The Labute approximate surface area is 113 Å². The molecule has 0 aliphatic carbocycles. The second-order valence-corrected chi connectivity index (χ2v) is 4.62. The van der Waals surface area contributed by atoms with Crippen molar-refractivity contribution >= 4 is 5.91 Å². The zero-order chi connectivity index (χ0) is 13.5. The maximum atomic E-state index is 12.1. The van der Waals surface area contributed by atoms with Crippen LogP contribution in [0.3, 0.4) is 0 Å². The molecular weight excluding hydrogens is 246 g/mol. The van der Waals surface area contributed by atoms with Gasteiger partial charge in [0.05, 0.1) is 19.3 Å². The van der Waals surface area contributed by atoms with Gasteiger partial charge in [-0.2, -0.15) is 5.26 Å². The van der Waals surface area contributed by atoms with E-state index >= 15 is 0 Å². The molecule has 2 rings (SSSR count). The molecule has 2 aliphatic heterocycles. The number of hydrogen-bond acceptors (Lipinski definition) is 5. The van der Waals surface area contributed by atoms with Gasteiger partial charge >= 0.3 is 0 Å². The summed E-state index contributed by atoms with van der Waals surface area (Å²) in [6, 6.07) is 1.95. The van der Waals surface area contributed by atoms with Crippen LogP contribution in [0.5, 0.6) is 0 Å². The number of morpholine rings is 1. The Kier molecular flexibility index (Phi) is 5.19. The van der Waals surface area contributed by atoms with Crippen molar-refractivity contribution in [2.24, 2.45) is 0 Å². The molecule has 6 heteroatoms. The molecule has 2 fully saturated rings. The van der Waals surface area contributed by atoms with Crippen LogP contribution in [-0.2, 0) is 14.3 Å². The Morgan fingerprint density at radius 1 is 1.42 bits per heavy atom. The molecule has 104 valence electrons. The van der Waals surface area contributed by atoms with Gasteiger partial charge in [0.2, 0.25) is 0 Å². The van der Waals surface area contributed by atoms with Crippen molar-refractivity contribution in [1.29, 1.82) is 5.26 Å². The number of hydrogen-bond donors (Lipinski definition) is 1. The van der Waals surface area contributed by atoms with E-state index in [1.54, 1.807) is 4.90 Å². The summed E-state index contributed by atoms with van der Waals surface area (Å²) in [5.41, 5.74) is 0.139. The van der Waals surface area contributed by atoms with E-state index in [0.29, 0.717) is 32.8 Å². The third-order valence-electron chi connectivity index (χ3n) is 3.27. The average Bonchev–Trinajstić information content (AvgIpc) is 2.97. The molecule has 19 heavy (non-hydrogen) atoms. The molecule has 1 amide bonds. The molecule has 2 saturated heterocycles. The van der Waals surface area contributed by atoms with E-state index in [1.807, 2.05) is 6.07 Å². The number of nitriles is 1. The summed E-state index contributed by atoms with van der Waals surface area (Å²) in [6.07, 6.45) is 3.79. The van der Waals surface area contributed by atoms with Crippen LogP contribution in [0.25, 0.3) is 0 Å². The van der Waals surface area contributed by atoms with Crippen molar-refractivity contribution in [3.63, 3.8) is 0 Å². The Morgan fingerprint density at radius 3 is 2.84 bits per heavy atom. The van der Waals surface area contributed by atoms with E-state index in [2.05, 4.69) is 5.32 Å². The lowest BCUT2D eigenvalue weighted by Gasteiger charge is -2.26. The lowest BCUT2D eigenvalue weighted by molar-refractivity contribution is -0.130. The monoisotopic (exact) mass is 265 g/mol. The smallest absolute Gasteiger partial charge is 0.266 e. The quantitative estimate of drug-likeness (QED) is 0.573. The average molecular weight is 265 g/mol. The summed E-state index contributed by atoms with van der Waals surface area (Å²) >= 11 is 0. The molecular formula is C13H19N3O3.